The molecule has 1 aromatic heterocycles. The summed E-state index contributed by atoms with van der Waals surface area (Å²) in [5, 5.41) is 14.8. The number of hydrogen-bond donors (Lipinski definition) is 2. The quantitative estimate of drug-likeness (QED) is 0.583. The van der Waals surface area contributed by atoms with Crippen molar-refractivity contribution in [3.63, 3.8) is 0 Å². The largest absolute Gasteiger partial charge is 0.324 e. The van der Waals surface area contributed by atoms with Gasteiger partial charge in [-0.25, -0.2) is 13.1 Å². The number of carbonyl (C=O) groups is 1. The average molecular weight is 441 g/mol. The number of anilines is 1. The maximum atomic E-state index is 12.6. The molecule has 2 aromatic carbocycles. The van der Waals surface area contributed by atoms with E-state index < -0.39 is 10.0 Å². The lowest BCUT2D eigenvalue weighted by molar-refractivity contribution is -0.117. The molecule has 1 fully saturated rings. The maximum Gasteiger partial charge on any atom is 0.248 e. The number of carbonyl (C=O) groups excluding carboxylic acids is 1. The van der Waals surface area contributed by atoms with Crippen LogP contribution in [0.4, 0.5) is 5.69 Å². The molecule has 9 nitrogen and oxygen atoms in total. The number of rotatable bonds is 7. The molecule has 3 aromatic rings. The molecule has 1 aliphatic carbocycles. The van der Waals surface area contributed by atoms with Crippen molar-refractivity contribution in [3.05, 3.63) is 54.6 Å². The van der Waals surface area contributed by atoms with Gasteiger partial charge in [0.25, 0.3) is 0 Å². The normalized spacial score (nSPS) is 15.0. The molecule has 0 saturated heterocycles. The van der Waals surface area contributed by atoms with Gasteiger partial charge in [0.1, 0.15) is 6.54 Å². The van der Waals surface area contributed by atoms with Gasteiger partial charge in [-0.2, -0.15) is 4.80 Å². The molecule has 0 unspecified atom stereocenters. The van der Waals surface area contributed by atoms with Crippen LogP contribution in [0.15, 0.2) is 59.5 Å². The van der Waals surface area contributed by atoms with Gasteiger partial charge in [-0.15, -0.1) is 10.2 Å². The van der Waals surface area contributed by atoms with Gasteiger partial charge in [-0.3, -0.25) is 4.79 Å². The van der Waals surface area contributed by atoms with Gasteiger partial charge < -0.3 is 5.32 Å². The van der Waals surface area contributed by atoms with E-state index >= 15 is 0 Å². The van der Waals surface area contributed by atoms with Gasteiger partial charge in [0.05, 0.1) is 4.90 Å². The minimum absolute atomic E-state index is 0.00548. The van der Waals surface area contributed by atoms with Crippen molar-refractivity contribution in [1.82, 2.24) is 24.9 Å². The van der Waals surface area contributed by atoms with Crippen LogP contribution in [-0.2, 0) is 21.4 Å². The summed E-state index contributed by atoms with van der Waals surface area (Å²) >= 11 is 0. The van der Waals surface area contributed by atoms with Crippen LogP contribution in [0.5, 0.6) is 0 Å². The predicted octanol–water partition coefficient (Wildman–Crippen LogP) is 2.59. The van der Waals surface area contributed by atoms with E-state index in [0.29, 0.717) is 11.5 Å². The summed E-state index contributed by atoms with van der Waals surface area (Å²) in [5.41, 5.74) is 1.30. The lowest BCUT2D eigenvalue weighted by Gasteiger charge is -2.22. The minimum Gasteiger partial charge on any atom is -0.324 e. The molecular weight excluding hydrogens is 416 g/mol. The number of sulfonamides is 1. The number of aromatic nitrogens is 4. The molecule has 0 aliphatic heterocycles. The molecule has 0 atom stereocenters. The number of amides is 1. The van der Waals surface area contributed by atoms with Crippen molar-refractivity contribution in [2.75, 3.05) is 5.32 Å². The Kier molecular flexibility index (Phi) is 6.38. The molecule has 10 heteroatoms. The standard InChI is InChI=1S/C21H24N6O3S/c28-20(15-27-24-21(23-26-27)16-7-3-1-4-8-16)22-17-11-13-19(14-12-17)31(29,30)25-18-9-5-2-6-10-18/h1,3-4,7-8,11-14,18,25H,2,5-6,9-10,15H2,(H,22,28). The topological polar surface area (TPSA) is 119 Å². The van der Waals surface area contributed by atoms with Crippen molar-refractivity contribution in [1.29, 1.82) is 0 Å². The predicted molar refractivity (Wildman–Crippen MR) is 116 cm³/mol. The highest BCUT2D eigenvalue weighted by molar-refractivity contribution is 7.89. The fraction of sp³-hybridized carbons (Fsp3) is 0.333. The van der Waals surface area contributed by atoms with Crippen LogP contribution in [0, 0.1) is 0 Å². The summed E-state index contributed by atoms with van der Waals surface area (Å²) in [5.74, 6) is 0.0985. The van der Waals surface area contributed by atoms with E-state index in [-0.39, 0.29) is 23.4 Å². The summed E-state index contributed by atoms with van der Waals surface area (Å²) in [6, 6.07) is 15.5. The van der Waals surface area contributed by atoms with E-state index in [9.17, 15) is 13.2 Å². The highest BCUT2D eigenvalue weighted by Gasteiger charge is 2.21. The molecule has 1 amide bonds. The fourth-order valence-electron chi connectivity index (χ4n) is 3.57. The number of hydrogen-bond acceptors (Lipinski definition) is 6. The van der Waals surface area contributed by atoms with E-state index in [1.165, 1.54) is 16.9 Å². The van der Waals surface area contributed by atoms with Crippen LogP contribution < -0.4 is 10.0 Å². The Morgan fingerprint density at radius 2 is 1.71 bits per heavy atom. The zero-order chi connectivity index (χ0) is 21.7. The van der Waals surface area contributed by atoms with Crippen LogP contribution in [0.3, 0.4) is 0 Å². The van der Waals surface area contributed by atoms with Crippen LogP contribution in [0.2, 0.25) is 0 Å². The van der Waals surface area contributed by atoms with Gasteiger partial charge in [0.15, 0.2) is 0 Å². The van der Waals surface area contributed by atoms with E-state index in [1.54, 1.807) is 12.1 Å². The lowest BCUT2D eigenvalue weighted by Crippen LogP contribution is -2.36. The van der Waals surface area contributed by atoms with Crippen molar-refractivity contribution in [2.24, 2.45) is 0 Å². The Labute approximate surface area is 180 Å². The molecule has 0 bridgehead atoms. The molecule has 1 saturated carbocycles. The van der Waals surface area contributed by atoms with Crippen molar-refractivity contribution in [2.45, 2.75) is 49.6 Å². The second-order valence-electron chi connectivity index (χ2n) is 7.54. The zero-order valence-electron chi connectivity index (χ0n) is 16.9. The summed E-state index contributed by atoms with van der Waals surface area (Å²) in [6.07, 6.45) is 4.99. The summed E-state index contributed by atoms with van der Waals surface area (Å²) in [7, 11) is -3.57. The number of tetrazole rings is 1. The van der Waals surface area contributed by atoms with Gasteiger partial charge in [0.2, 0.25) is 21.8 Å². The average Bonchev–Trinajstić information content (AvgIpc) is 3.23. The van der Waals surface area contributed by atoms with Crippen molar-refractivity contribution < 1.29 is 13.2 Å². The Morgan fingerprint density at radius 1 is 1.00 bits per heavy atom. The highest BCUT2D eigenvalue weighted by Crippen LogP contribution is 2.21. The first kappa shape index (κ1) is 21.1. The zero-order valence-corrected chi connectivity index (χ0v) is 17.8. The summed E-state index contributed by atoms with van der Waals surface area (Å²) in [6.45, 7) is -0.108. The SMILES string of the molecule is O=C(Cn1nnc(-c2ccccc2)n1)Nc1ccc(S(=O)(=O)NC2CCCCC2)cc1. The summed E-state index contributed by atoms with van der Waals surface area (Å²) < 4.78 is 27.9. The summed E-state index contributed by atoms with van der Waals surface area (Å²) in [4.78, 5) is 13.7. The third-order valence-corrected chi connectivity index (χ3v) is 6.68. The molecule has 4 rings (SSSR count). The van der Waals surface area contributed by atoms with E-state index in [1.807, 2.05) is 30.3 Å². The van der Waals surface area contributed by atoms with Crippen molar-refractivity contribution >= 4 is 21.6 Å². The van der Waals surface area contributed by atoms with Gasteiger partial charge in [-0.05, 0) is 42.3 Å². The number of nitrogens with one attached hydrogen (secondary N) is 2. The van der Waals surface area contributed by atoms with Crippen LogP contribution in [-0.4, -0.2) is 40.6 Å². The molecule has 0 radical (unpaired) electrons. The molecular formula is C21H24N6O3S. The second kappa shape index (κ2) is 9.36. The Balaban J connectivity index is 1.34. The molecule has 2 N–H and O–H groups in total. The first-order valence-electron chi connectivity index (χ1n) is 10.2. The van der Waals surface area contributed by atoms with E-state index in [0.717, 1.165) is 37.7 Å². The fourth-order valence-corrected chi connectivity index (χ4v) is 4.87. The molecule has 1 aliphatic rings. The number of nitrogens with zero attached hydrogens (tertiary/aromatic N) is 4. The van der Waals surface area contributed by atoms with Crippen LogP contribution in [0.25, 0.3) is 11.4 Å². The van der Waals surface area contributed by atoms with Gasteiger partial charge >= 0.3 is 0 Å². The molecule has 1 heterocycles. The smallest absolute Gasteiger partial charge is 0.248 e. The second-order valence-corrected chi connectivity index (χ2v) is 9.25. The molecule has 0 spiro atoms. The number of benzene rings is 2. The first-order valence-corrected chi connectivity index (χ1v) is 11.7. The lowest BCUT2D eigenvalue weighted by atomic mass is 9.96. The Morgan fingerprint density at radius 3 is 2.42 bits per heavy atom. The molecule has 162 valence electrons. The maximum absolute atomic E-state index is 12.6. The first-order chi connectivity index (χ1) is 15.0. The Hall–Kier alpha value is -3.11. The van der Waals surface area contributed by atoms with Crippen LogP contribution in [0.1, 0.15) is 32.1 Å². The molecule has 31 heavy (non-hydrogen) atoms. The van der Waals surface area contributed by atoms with Gasteiger partial charge in [0, 0.05) is 17.3 Å². The minimum atomic E-state index is -3.57. The monoisotopic (exact) mass is 440 g/mol. The highest BCUT2D eigenvalue weighted by atomic mass is 32.2. The Bertz CT molecular complexity index is 1120. The van der Waals surface area contributed by atoms with Crippen molar-refractivity contribution in [3.8, 4) is 11.4 Å². The van der Waals surface area contributed by atoms with Gasteiger partial charge in [-0.1, -0.05) is 49.6 Å². The third kappa shape index (κ3) is 5.53. The van der Waals surface area contributed by atoms with Crippen LogP contribution >= 0.6 is 0 Å². The van der Waals surface area contributed by atoms with E-state index in [2.05, 4.69) is 25.4 Å². The van der Waals surface area contributed by atoms with E-state index in [4.69, 9.17) is 0 Å². The third-order valence-electron chi connectivity index (χ3n) is 5.15.